The van der Waals surface area contributed by atoms with Crippen molar-refractivity contribution < 1.29 is 4.98 Å². The molecule has 0 aromatic carbocycles. The molecule has 0 bridgehead atoms. The van der Waals surface area contributed by atoms with E-state index in [1.54, 1.807) is 12.4 Å². The van der Waals surface area contributed by atoms with Gasteiger partial charge in [0.25, 0.3) is 5.82 Å². The highest BCUT2D eigenvalue weighted by Crippen LogP contribution is 2.09. The second-order valence-corrected chi connectivity index (χ2v) is 4.71. The fraction of sp³-hybridized carbons (Fsp3) is 0.267. The SMILES string of the molecule is C(=N\N1CCN(c2cccc[nH+]2)CC1)/c1ccncc1. The number of anilines is 1. The first-order chi connectivity index (χ1) is 9.92. The smallest absolute Gasteiger partial charge is 0.274 e. The third-order valence-electron chi connectivity index (χ3n) is 3.37. The first kappa shape index (κ1) is 12.6. The van der Waals surface area contributed by atoms with E-state index in [4.69, 9.17) is 0 Å². The lowest BCUT2D eigenvalue weighted by molar-refractivity contribution is -0.364. The Bertz CT molecular complexity index is 547. The molecule has 0 unspecified atom stereocenters. The van der Waals surface area contributed by atoms with Crippen LogP contribution in [-0.4, -0.2) is 42.4 Å². The molecule has 102 valence electrons. The normalized spacial score (nSPS) is 15.8. The molecule has 0 aliphatic carbocycles. The van der Waals surface area contributed by atoms with Crippen LogP contribution in [-0.2, 0) is 0 Å². The average Bonchev–Trinajstić information content (AvgIpc) is 2.55. The summed E-state index contributed by atoms with van der Waals surface area (Å²) in [5, 5.41) is 6.64. The van der Waals surface area contributed by atoms with Crippen LogP contribution in [0.15, 0.2) is 54.0 Å². The zero-order chi connectivity index (χ0) is 13.6. The van der Waals surface area contributed by atoms with Gasteiger partial charge in [-0.25, -0.2) is 4.98 Å². The second kappa shape index (κ2) is 6.14. The van der Waals surface area contributed by atoms with Crippen molar-refractivity contribution in [2.24, 2.45) is 5.10 Å². The molecular weight excluding hydrogens is 250 g/mol. The van der Waals surface area contributed by atoms with E-state index in [9.17, 15) is 0 Å². The van der Waals surface area contributed by atoms with Gasteiger partial charge in [-0.15, -0.1) is 0 Å². The minimum atomic E-state index is 0.935. The number of aromatic nitrogens is 2. The van der Waals surface area contributed by atoms with Crippen LogP contribution in [0.4, 0.5) is 5.82 Å². The van der Waals surface area contributed by atoms with Crippen LogP contribution in [0.3, 0.4) is 0 Å². The Morgan fingerprint density at radius 2 is 1.85 bits per heavy atom. The standard InChI is InChI=1S/C15H17N5/c1-2-6-17-15(3-1)19-9-11-20(12-10-19)18-13-14-4-7-16-8-5-14/h1-8,13H,9-12H2/p+1/b18-13+. The molecular formula is C15H18N5+. The molecule has 20 heavy (non-hydrogen) atoms. The minimum Gasteiger partial charge on any atom is -0.289 e. The lowest BCUT2D eigenvalue weighted by Crippen LogP contribution is -2.45. The van der Waals surface area contributed by atoms with Crippen molar-refractivity contribution >= 4 is 12.0 Å². The number of nitrogens with one attached hydrogen (secondary N) is 1. The fourth-order valence-electron chi connectivity index (χ4n) is 2.23. The summed E-state index contributed by atoms with van der Waals surface area (Å²) in [6.07, 6.45) is 7.42. The van der Waals surface area contributed by atoms with Gasteiger partial charge in [0.15, 0.2) is 0 Å². The van der Waals surface area contributed by atoms with Crippen molar-refractivity contribution in [1.82, 2.24) is 9.99 Å². The Kier molecular flexibility index (Phi) is 3.87. The molecule has 2 aromatic rings. The first-order valence-electron chi connectivity index (χ1n) is 6.82. The van der Waals surface area contributed by atoms with Crippen LogP contribution in [0.5, 0.6) is 0 Å². The van der Waals surface area contributed by atoms with Crippen LogP contribution in [0.2, 0.25) is 0 Å². The van der Waals surface area contributed by atoms with Crippen molar-refractivity contribution in [3.8, 4) is 0 Å². The molecule has 0 saturated carbocycles. The molecule has 0 spiro atoms. The Morgan fingerprint density at radius 1 is 1.05 bits per heavy atom. The summed E-state index contributed by atoms with van der Waals surface area (Å²) in [5.41, 5.74) is 1.08. The lowest BCUT2D eigenvalue weighted by Gasteiger charge is -2.28. The van der Waals surface area contributed by atoms with Crippen LogP contribution >= 0.6 is 0 Å². The predicted octanol–water partition coefficient (Wildman–Crippen LogP) is 1.05. The Hall–Kier alpha value is -2.43. The predicted molar refractivity (Wildman–Crippen MR) is 78.6 cm³/mol. The second-order valence-electron chi connectivity index (χ2n) is 4.71. The monoisotopic (exact) mass is 268 g/mol. The average molecular weight is 268 g/mol. The minimum absolute atomic E-state index is 0.935. The highest BCUT2D eigenvalue weighted by atomic mass is 15.5. The maximum atomic E-state index is 4.53. The van der Waals surface area contributed by atoms with Crippen molar-refractivity contribution in [3.05, 3.63) is 54.5 Å². The van der Waals surface area contributed by atoms with E-state index in [1.807, 2.05) is 30.6 Å². The van der Waals surface area contributed by atoms with E-state index in [-0.39, 0.29) is 0 Å². The zero-order valence-corrected chi connectivity index (χ0v) is 11.3. The largest absolute Gasteiger partial charge is 0.289 e. The summed E-state index contributed by atoms with van der Waals surface area (Å²) >= 11 is 0. The van der Waals surface area contributed by atoms with E-state index < -0.39 is 0 Å². The summed E-state index contributed by atoms with van der Waals surface area (Å²) in [5.74, 6) is 1.17. The molecule has 1 aliphatic heterocycles. The van der Waals surface area contributed by atoms with E-state index >= 15 is 0 Å². The summed E-state index contributed by atoms with van der Waals surface area (Å²) in [4.78, 5) is 9.62. The van der Waals surface area contributed by atoms with Gasteiger partial charge in [-0.3, -0.25) is 14.9 Å². The highest BCUT2D eigenvalue weighted by molar-refractivity contribution is 5.78. The van der Waals surface area contributed by atoms with Gasteiger partial charge in [0, 0.05) is 18.5 Å². The van der Waals surface area contributed by atoms with Crippen molar-refractivity contribution in [1.29, 1.82) is 0 Å². The van der Waals surface area contributed by atoms with Crippen LogP contribution in [0, 0.1) is 0 Å². The highest BCUT2D eigenvalue weighted by Gasteiger charge is 2.21. The first-order valence-corrected chi connectivity index (χ1v) is 6.82. The Morgan fingerprint density at radius 3 is 2.55 bits per heavy atom. The molecule has 0 amide bonds. The summed E-state index contributed by atoms with van der Waals surface area (Å²) in [6.45, 7) is 3.83. The van der Waals surface area contributed by atoms with Gasteiger partial charge in [-0.05, 0) is 23.8 Å². The van der Waals surface area contributed by atoms with Gasteiger partial charge in [-0.1, -0.05) is 6.07 Å². The van der Waals surface area contributed by atoms with Gasteiger partial charge >= 0.3 is 0 Å². The number of aromatic amines is 1. The summed E-state index contributed by atoms with van der Waals surface area (Å²) in [7, 11) is 0. The fourth-order valence-corrected chi connectivity index (χ4v) is 2.23. The number of piperazine rings is 1. The molecule has 1 fully saturated rings. The molecule has 1 saturated heterocycles. The quantitative estimate of drug-likeness (QED) is 0.782. The maximum Gasteiger partial charge on any atom is 0.274 e. The summed E-state index contributed by atoms with van der Waals surface area (Å²) < 4.78 is 0. The zero-order valence-electron chi connectivity index (χ0n) is 11.3. The van der Waals surface area contributed by atoms with Gasteiger partial charge < -0.3 is 0 Å². The number of nitrogens with zero attached hydrogens (tertiary/aromatic N) is 4. The molecule has 0 atom stereocenters. The Labute approximate surface area is 118 Å². The molecule has 3 rings (SSSR count). The molecule has 5 nitrogen and oxygen atoms in total. The van der Waals surface area contributed by atoms with Gasteiger partial charge in [0.2, 0.25) is 0 Å². The number of rotatable bonds is 3. The third kappa shape index (κ3) is 3.12. The number of hydrogen-bond acceptors (Lipinski definition) is 4. The summed E-state index contributed by atoms with van der Waals surface area (Å²) in [6, 6.07) is 10.1. The third-order valence-corrected chi connectivity index (χ3v) is 3.37. The molecule has 3 heterocycles. The molecule has 1 aliphatic rings. The van der Waals surface area contributed by atoms with E-state index in [0.717, 1.165) is 31.7 Å². The molecule has 5 heteroatoms. The van der Waals surface area contributed by atoms with Crippen molar-refractivity contribution in [3.63, 3.8) is 0 Å². The topological polar surface area (TPSA) is 45.9 Å². The number of H-pyrrole nitrogens is 1. The van der Waals surface area contributed by atoms with E-state index in [0.29, 0.717) is 0 Å². The van der Waals surface area contributed by atoms with Gasteiger partial charge in [-0.2, -0.15) is 5.10 Å². The van der Waals surface area contributed by atoms with Crippen molar-refractivity contribution in [2.75, 3.05) is 31.1 Å². The number of pyridine rings is 2. The van der Waals surface area contributed by atoms with Crippen LogP contribution < -0.4 is 9.88 Å². The molecule has 1 N–H and O–H groups in total. The van der Waals surface area contributed by atoms with Gasteiger partial charge in [0.1, 0.15) is 13.1 Å². The van der Waals surface area contributed by atoms with E-state index in [2.05, 4.69) is 37.1 Å². The van der Waals surface area contributed by atoms with Gasteiger partial charge in [0.05, 0.1) is 25.5 Å². The maximum absolute atomic E-state index is 4.53. The van der Waals surface area contributed by atoms with E-state index in [1.165, 1.54) is 5.82 Å². The molecule has 2 aromatic heterocycles. The number of hydrazone groups is 1. The number of hydrogen-bond donors (Lipinski definition) is 0. The van der Waals surface area contributed by atoms with Crippen LogP contribution in [0.1, 0.15) is 5.56 Å². The molecule has 0 radical (unpaired) electrons. The Balaban J connectivity index is 1.55. The van der Waals surface area contributed by atoms with Crippen molar-refractivity contribution in [2.45, 2.75) is 0 Å². The lowest BCUT2D eigenvalue weighted by atomic mass is 10.3. The van der Waals surface area contributed by atoms with Crippen LogP contribution in [0.25, 0.3) is 0 Å².